The number of nitrogens with one attached hydrogen (secondary N) is 1. The number of pyridine rings is 1. The maximum atomic E-state index is 12.4. The normalized spacial score (nSPS) is 14.2. The molecule has 1 N–H and O–H groups in total. The average Bonchev–Trinajstić information content (AvgIpc) is 2.69. The number of benzene rings is 1. The summed E-state index contributed by atoms with van der Waals surface area (Å²) in [5.41, 5.74) is 0.878. The molecule has 6 nitrogen and oxygen atoms in total. The highest BCUT2D eigenvalue weighted by atomic mass is 35.5. The van der Waals surface area contributed by atoms with Crippen molar-refractivity contribution in [3.8, 4) is 5.75 Å². The lowest BCUT2D eigenvalue weighted by atomic mass is 10.2. The number of carbonyl (C=O) groups excluding carboxylic acids is 1. The lowest BCUT2D eigenvalue weighted by Crippen LogP contribution is -2.49. The van der Waals surface area contributed by atoms with Gasteiger partial charge in [0.25, 0.3) is 0 Å². The van der Waals surface area contributed by atoms with E-state index in [4.69, 9.17) is 16.3 Å². The van der Waals surface area contributed by atoms with Gasteiger partial charge >= 0.3 is 0 Å². The summed E-state index contributed by atoms with van der Waals surface area (Å²) in [5.74, 6) is 1.77. The standard InChI is InChI=1S/C19H23ClN4O2/c1-26-17-6-5-15(14-16(17)20)21-9-7-19(25)24-12-10-23(11-13-24)18-4-2-3-8-22-18/h2-6,8,14,21H,7,9-13H2,1H3. The van der Waals surface area contributed by atoms with Crippen molar-refractivity contribution in [3.05, 3.63) is 47.6 Å². The van der Waals surface area contributed by atoms with E-state index in [1.807, 2.05) is 35.2 Å². The van der Waals surface area contributed by atoms with Gasteiger partial charge in [-0.3, -0.25) is 4.79 Å². The second-order valence-corrected chi connectivity index (χ2v) is 6.49. The Labute approximate surface area is 158 Å². The zero-order valence-corrected chi connectivity index (χ0v) is 15.6. The minimum atomic E-state index is 0.165. The first kappa shape index (κ1) is 18.3. The highest BCUT2D eigenvalue weighted by Crippen LogP contribution is 2.27. The Balaban J connectivity index is 1.42. The van der Waals surface area contributed by atoms with Crippen LogP contribution in [0.4, 0.5) is 11.5 Å². The van der Waals surface area contributed by atoms with E-state index >= 15 is 0 Å². The quantitative estimate of drug-likeness (QED) is 0.842. The van der Waals surface area contributed by atoms with Crippen LogP contribution in [0.3, 0.4) is 0 Å². The van der Waals surface area contributed by atoms with Crippen molar-refractivity contribution < 1.29 is 9.53 Å². The fourth-order valence-electron chi connectivity index (χ4n) is 2.97. The molecule has 1 amide bonds. The predicted molar refractivity (Wildman–Crippen MR) is 104 cm³/mol. The van der Waals surface area contributed by atoms with E-state index in [9.17, 15) is 4.79 Å². The van der Waals surface area contributed by atoms with Crippen LogP contribution < -0.4 is 15.0 Å². The van der Waals surface area contributed by atoms with Crippen molar-refractivity contribution in [2.24, 2.45) is 0 Å². The van der Waals surface area contributed by atoms with Crippen LogP contribution in [0.5, 0.6) is 5.75 Å². The van der Waals surface area contributed by atoms with Crippen LogP contribution in [0.1, 0.15) is 6.42 Å². The van der Waals surface area contributed by atoms with Gasteiger partial charge < -0.3 is 19.9 Å². The Morgan fingerprint density at radius 3 is 2.69 bits per heavy atom. The lowest BCUT2D eigenvalue weighted by Gasteiger charge is -2.35. The van der Waals surface area contributed by atoms with Crippen molar-refractivity contribution in [1.82, 2.24) is 9.88 Å². The molecule has 1 aliphatic heterocycles. The van der Waals surface area contributed by atoms with Crippen molar-refractivity contribution in [1.29, 1.82) is 0 Å². The number of piperazine rings is 1. The van der Waals surface area contributed by atoms with Crippen LogP contribution in [0.2, 0.25) is 5.02 Å². The molecule has 2 heterocycles. The summed E-state index contributed by atoms with van der Waals surface area (Å²) in [6.45, 7) is 3.64. The number of amides is 1. The zero-order chi connectivity index (χ0) is 18.4. The minimum Gasteiger partial charge on any atom is -0.495 e. The molecule has 0 spiro atoms. The number of rotatable bonds is 6. The molecule has 0 atom stereocenters. The Morgan fingerprint density at radius 1 is 1.23 bits per heavy atom. The van der Waals surface area contributed by atoms with E-state index in [0.29, 0.717) is 23.7 Å². The van der Waals surface area contributed by atoms with Crippen molar-refractivity contribution in [2.75, 3.05) is 50.1 Å². The molecule has 0 aliphatic carbocycles. The van der Waals surface area contributed by atoms with Gasteiger partial charge in [0.1, 0.15) is 11.6 Å². The maximum absolute atomic E-state index is 12.4. The summed E-state index contributed by atoms with van der Waals surface area (Å²) >= 11 is 6.11. The van der Waals surface area contributed by atoms with Gasteiger partial charge in [-0.1, -0.05) is 17.7 Å². The zero-order valence-electron chi connectivity index (χ0n) is 14.8. The van der Waals surface area contributed by atoms with Crippen LogP contribution in [-0.4, -0.2) is 55.6 Å². The number of halogens is 1. The first-order valence-corrected chi connectivity index (χ1v) is 9.06. The molecule has 1 saturated heterocycles. The van der Waals surface area contributed by atoms with E-state index < -0.39 is 0 Å². The van der Waals surface area contributed by atoms with Crippen LogP contribution in [-0.2, 0) is 4.79 Å². The van der Waals surface area contributed by atoms with E-state index in [1.54, 1.807) is 19.4 Å². The largest absolute Gasteiger partial charge is 0.495 e. The molecular formula is C19H23ClN4O2. The second-order valence-electron chi connectivity index (χ2n) is 6.08. The molecule has 3 rings (SSSR count). The molecule has 1 aliphatic rings. The third-order valence-corrected chi connectivity index (χ3v) is 4.72. The molecule has 1 aromatic carbocycles. The topological polar surface area (TPSA) is 57.7 Å². The Morgan fingerprint density at radius 2 is 2.04 bits per heavy atom. The van der Waals surface area contributed by atoms with Crippen molar-refractivity contribution in [2.45, 2.75) is 6.42 Å². The summed E-state index contributed by atoms with van der Waals surface area (Å²) < 4.78 is 5.13. The highest BCUT2D eigenvalue weighted by Gasteiger charge is 2.21. The first-order chi connectivity index (χ1) is 12.7. The van der Waals surface area contributed by atoms with Gasteiger partial charge in [0.2, 0.25) is 5.91 Å². The Bertz CT molecular complexity index is 734. The molecule has 0 saturated carbocycles. The monoisotopic (exact) mass is 374 g/mol. The van der Waals surface area contributed by atoms with Crippen molar-refractivity contribution in [3.63, 3.8) is 0 Å². The van der Waals surface area contributed by atoms with Gasteiger partial charge in [-0.05, 0) is 30.3 Å². The summed E-state index contributed by atoms with van der Waals surface area (Å²) in [6, 6.07) is 11.4. The van der Waals surface area contributed by atoms with Gasteiger partial charge in [-0.2, -0.15) is 0 Å². The van der Waals surface area contributed by atoms with E-state index in [1.165, 1.54) is 0 Å². The van der Waals surface area contributed by atoms with Crippen LogP contribution in [0.25, 0.3) is 0 Å². The third-order valence-electron chi connectivity index (χ3n) is 4.43. The SMILES string of the molecule is COc1ccc(NCCC(=O)N2CCN(c3ccccn3)CC2)cc1Cl. The number of ether oxygens (including phenoxy) is 1. The maximum Gasteiger partial charge on any atom is 0.224 e. The molecule has 26 heavy (non-hydrogen) atoms. The number of hydrogen-bond acceptors (Lipinski definition) is 5. The van der Waals surface area contributed by atoms with Crippen molar-refractivity contribution >= 4 is 29.0 Å². The minimum absolute atomic E-state index is 0.165. The van der Waals surface area contributed by atoms with Crippen LogP contribution in [0, 0.1) is 0 Å². The molecule has 138 valence electrons. The Hall–Kier alpha value is -2.47. The molecule has 2 aromatic rings. The molecule has 1 aromatic heterocycles. The smallest absolute Gasteiger partial charge is 0.224 e. The molecule has 7 heteroatoms. The van der Waals surface area contributed by atoms with Crippen LogP contribution in [0.15, 0.2) is 42.6 Å². The first-order valence-electron chi connectivity index (χ1n) is 8.68. The summed E-state index contributed by atoms with van der Waals surface area (Å²) in [5, 5.41) is 3.78. The van der Waals surface area contributed by atoms with Gasteiger partial charge in [0.05, 0.1) is 12.1 Å². The summed E-state index contributed by atoms with van der Waals surface area (Å²) in [7, 11) is 1.58. The second kappa shape index (κ2) is 8.76. The van der Waals surface area contributed by atoms with E-state index in [-0.39, 0.29) is 5.91 Å². The number of carbonyl (C=O) groups is 1. The predicted octanol–water partition coefficient (Wildman–Crippen LogP) is 2.89. The number of nitrogens with zero attached hydrogens (tertiary/aromatic N) is 3. The highest BCUT2D eigenvalue weighted by molar-refractivity contribution is 6.32. The number of anilines is 2. The summed E-state index contributed by atoms with van der Waals surface area (Å²) in [4.78, 5) is 20.9. The van der Waals surface area contributed by atoms with Gasteiger partial charge in [-0.15, -0.1) is 0 Å². The van der Waals surface area contributed by atoms with Crippen LogP contribution >= 0.6 is 11.6 Å². The average molecular weight is 375 g/mol. The molecular weight excluding hydrogens is 352 g/mol. The van der Waals surface area contributed by atoms with E-state index in [2.05, 4.69) is 15.2 Å². The molecule has 0 unspecified atom stereocenters. The number of methoxy groups -OCH3 is 1. The molecule has 1 fully saturated rings. The van der Waals surface area contributed by atoms with Gasteiger partial charge in [-0.25, -0.2) is 4.98 Å². The fourth-order valence-corrected chi connectivity index (χ4v) is 3.23. The molecule has 0 bridgehead atoms. The summed E-state index contributed by atoms with van der Waals surface area (Å²) in [6.07, 6.45) is 2.25. The van der Waals surface area contributed by atoms with Gasteiger partial charge in [0, 0.05) is 51.0 Å². The van der Waals surface area contributed by atoms with E-state index in [0.717, 1.165) is 37.7 Å². The Kier molecular flexibility index (Phi) is 6.17. The lowest BCUT2D eigenvalue weighted by molar-refractivity contribution is -0.131. The third kappa shape index (κ3) is 4.58. The number of aromatic nitrogens is 1. The molecule has 0 radical (unpaired) electrons. The number of hydrogen-bond donors (Lipinski definition) is 1. The van der Waals surface area contributed by atoms with Gasteiger partial charge in [0.15, 0.2) is 0 Å². The fraction of sp³-hybridized carbons (Fsp3) is 0.368.